The molecular formula is C23H24N2O4. The van der Waals surface area contributed by atoms with Crippen LogP contribution in [0.1, 0.15) is 36.4 Å². The summed E-state index contributed by atoms with van der Waals surface area (Å²) in [5, 5.41) is 10.6. The topological polar surface area (TPSA) is 79.7 Å². The number of benzene rings is 1. The van der Waals surface area contributed by atoms with Crippen molar-refractivity contribution in [3.63, 3.8) is 0 Å². The summed E-state index contributed by atoms with van der Waals surface area (Å²) >= 11 is 0. The van der Waals surface area contributed by atoms with Gasteiger partial charge in [0.25, 0.3) is 5.91 Å². The van der Waals surface area contributed by atoms with Gasteiger partial charge in [0.1, 0.15) is 0 Å². The molecule has 2 aliphatic rings. The van der Waals surface area contributed by atoms with Crippen molar-refractivity contribution >= 4 is 11.7 Å². The molecule has 1 aromatic heterocycles. The zero-order chi connectivity index (χ0) is 20.2. The van der Waals surface area contributed by atoms with Crippen molar-refractivity contribution in [2.24, 2.45) is 0 Å². The number of aliphatic hydroxyl groups excluding tert-OH is 1. The zero-order valence-electron chi connectivity index (χ0n) is 16.2. The number of aliphatic hydroxyl groups is 1. The molecule has 1 fully saturated rings. The lowest BCUT2D eigenvalue weighted by Gasteiger charge is -2.28. The van der Waals surface area contributed by atoms with Crippen LogP contribution < -0.4 is 0 Å². The van der Waals surface area contributed by atoms with E-state index < -0.39 is 17.7 Å². The first-order valence-electron chi connectivity index (χ1n) is 9.98. The number of nitrogens with zero attached hydrogens (tertiary/aromatic N) is 2. The number of ether oxygens (including phenoxy) is 1. The van der Waals surface area contributed by atoms with Gasteiger partial charge in [-0.25, -0.2) is 0 Å². The smallest absolute Gasteiger partial charge is 0.290 e. The SMILES string of the molecule is O=C(CCc1ccccc1)C1=C(O)C(=O)N(CC2CCCO2)C1c1cccnc1. The van der Waals surface area contributed by atoms with Crippen molar-refractivity contribution in [2.45, 2.75) is 37.8 Å². The van der Waals surface area contributed by atoms with E-state index in [4.69, 9.17) is 4.74 Å². The van der Waals surface area contributed by atoms with Gasteiger partial charge >= 0.3 is 0 Å². The molecule has 29 heavy (non-hydrogen) atoms. The van der Waals surface area contributed by atoms with E-state index in [2.05, 4.69) is 4.98 Å². The third kappa shape index (κ3) is 4.07. The number of carbonyl (C=O) groups is 2. The summed E-state index contributed by atoms with van der Waals surface area (Å²) in [4.78, 5) is 31.7. The second-order valence-electron chi connectivity index (χ2n) is 7.45. The van der Waals surface area contributed by atoms with E-state index in [0.29, 0.717) is 25.1 Å². The third-order valence-electron chi connectivity index (χ3n) is 5.51. The second kappa shape index (κ2) is 8.57. The van der Waals surface area contributed by atoms with Crippen LogP contribution in [0.2, 0.25) is 0 Å². The van der Waals surface area contributed by atoms with Crippen molar-refractivity contribution < 1.29 is 19.4 Å². The lowest BCUT2D eigenvalue weighted by Crippen LogP contribution is -2.37. The number of amides is 1. The van der Waals surface area contributed by atoms with Crippen LogP contribution in [0.15, 0.2) is 66.2 Å². The first-order chi connectivity index (χ1) is 14.1. The molecule has 150 valence electrons. The van der Waals surface area contributed by atoms with Crippen LogP contribution in [-0.2, 0) is 20.7 Å². The minimum atomic E-state index is -0.635. The van der Waals surface area contributed by atoms with Crippen molar-refractivity contribution in [1.82, 2.24) is 9.88 Å². The van der Waals surface area contributed by atoms with E-state index in [1.54, 1.807) is 23.4 Å². The zero-order valence-corrected chi connectivity index (χ0v) is 16.2. The summed E-state index contributed by atoms with van der Waals surface area (Å²) in [6.07, 6.45) is 5.80. The van der Waals surface area contributed by atoms with Gasteiger partial charge in [-0.1, -0.05) is 36.4 Å². The van der Waals surface area contributed by atoms with E-state index in [1.807, 2.05) is 36.4 Å². The van der Waals surface area contributed by atoms with Crippen molar-refractivity contribution in [3.05, 3.63) is 77.3 Å². The van der Waals surface area contributed by atoms with Crippen LogP contribution in [0.4, 0.5) is 0 Å². The molecule has 4 rings (SSSR count). The van der Waals surface area contributed by atoms with Crippen LogP contribution >= 0.6 is 0 Å². The standard InChI is InChI=1S/C23H24N2O4/c26-19(11-10-16-6-2-1-3-7-16)20-21(17-8-4-12-24-14-17)25(23(28)22(20)27)15-18-9-5-13-29-18/h1-4,6-8,12,14,18,21,27H,5,9-11,13,15H2. The Kier molecular flexibility index (Phi) is 5.71. The van der Waals surface area contributed by atoms with Crippen LogP contribution in [0.25, 0.3) is 0 Å². The van der Waals surface area contributed by atoms with Crippen LogP contribution in [-0.4, -0.2) is 45.9 Å². The van der Waals surface area contributed by atoms with Crippen LogP contribution in [0, 0.1) is 0 Å². The first kappa shape index (κ1) is 19.3. The van der Waals surface area contributed by atoms with Crippen molar-refractivity contribution in [3.8, 4) is 0 Å². The molecule has 6 nitrogen and oxygen atoms in total. The van der Waals surface area contributed by atoms with Crippen LogP contribution in [0.3, 0.4) is 0 Å². The average molecular weight is 392 g/mol. The van der Waals surface area contributed by atoms with E-state index in [0.717, 1.165) is 18.4 Å². The quantitative estimate of drug-likeness (QED) is 0.783. The van der Waals surface area contributed by atoms with Gasteiger partial charge in [0, 0.05) is 32.0 Å². The molecule has 2 aliphatic heterocycles. The van der Waals surface area contributed by atoms with Gasteiger partial charge in [0.05, 0.1) is 17.7 Å². The number of ketones is 1. The van der Waals surface area contributed by atoms with E-state index in [1.165, 1.54) is 0 Å². The van der Waals surface area contributed by atoms with E-state index in [-0.39, 0.29) is 23.9 Å². The molecule has 3 heterocycles. The van der Waals surface area contributed by atoms with Crippen molar-refractivity contribution in [2.75, 3.05) is 13.2 Å². The van der Waals surface area contributed by atoms with Gasteiger partial charge in [-0.2, -0.15) is 0 Å². The molecule has 0 bridgehead atoms. The number of hydrogen-bond donors (Lipinski definition) is 1. The fraction of sp³-hybridized carbons (Fsp3) is 0.348. The second-order valence-corrected chi connectivity index (χ2v) is 7.45. The van der Waals surface area contributed by atoms with Gasteiger partial charge in [-0.05, 0) is 36.5 Å². The predicted molar refractivity (Wildman–Crippen MR) is 107 cm³/mol. The first-order valence-corrected chi connectivity index (χ1v) is 9.98. The molecule has 6 heteroatoms. The fourth-order valence-electron chi connectivity index (χ4n) is 4.06. The van der Waals surface area contributed by atoms with Gasteiger partial charge in [0.2, 0.25) is 0 Å². The summed E-state index contributed by atoms with van der Waals surface area (Å²) in [6, 6.07) is 12.7. The normalized spacial score (nSPS) is 21.8. The Hall–Kier alpha value is -2.99. The Morgan fingerprint density at radius 3 is 2.72 bits per heavy atom. The number of aromatic nitrogens is 1. The Morgan fingerprint density at radius 2 is 2.03 bits per heavy atom. The minimum absolute atomic E-state index is 0.0790. The number of Topliss-reactive ketones (excluding diaryl/α,β-unsaturated/α-hetero) is 1. The largest absolute Gasteiger partial charge is 0.503 e. The summed E-state index contributed by atoms with van der Waals surface area (Å²) in [7, 11) is 0. The highest BCUT2D eigenvalue weighted by Crippen LogP contribution is 2.38. The molecule has 2 atom stereocenters. The van der Waals surface area contributed by atoms with Crippen molar-refractivity contribution in [1.29, 1.82) is 0 Å². The maximum Gasteiger partial charge on any atom is 0.290 e. The maximum absolute atomic E-state index is 13.1. The molecule has 0 spiro atoms. The van der Waals surface area contributed by atoms with E-state index >= 15 is 0 Å². The molecule has 2 unspecified atom stereocenters. The molecule has 1 amide bonds. The predicted octanol–water partition coefficient (Wildman–Crippen LogP) is 3.16. The molecule has 0 radical (unpaired) electrons. The molecule has 2 aromatic rings. The van der Waals surface area contributed by atoms with E-state index in [9.17, 15) is 14.7 Å². The molecule has 0 aliphatic carbocycles. The van der Waals surface area contributed by atoms with Gasteiger partial charge in [0.15, 0.2) is 11.5 Å². The van der Waals surface area contributed by atoms with Gasteiger partial charge in [-0.3, -0.25) is 14.6 Å². The molecule has 1 saturated heterocycles. The van der Waals surface area contributed by atoms with Gasteiger partial charge in [-0.15, -0.1) is 0 Å². The monoisotopic (exact) mass is 392 g/mol. The number of carbonyl (C=O) groups excluding carboxylic acids is 2. The van der Waals surface area contributed by atoms with Gasteiger partial charge < -0.3 is 14.7 Å². The molecule has 1 N–H and O–H groups in total. The highest BCUT2D eigenvalue weighted by atomic mass is 16.5. The average Bonchev–Trinajstić information content (AvgIpc) is 3.36. The molecular weight excluding hydrogens is 368 g/mol. The third-order valence-corrected chi connectivity index (χ3v) is 5.51. The number of aryl methyl sites for hydroxylation is 1. The summed E-state index contributed by atoms with van der Waals surface area (Å²) < 4.78 is 5.69. The Balaban J connectivity index is 1.60. The number of rotatable bonds is 7. The lowest BCUT2D eigenvalue weighted by atomic mass is 9.94. The Labute approximate surface area is 169 Å². The van der Waals surface area contributed by atoms with Crippen LogP contribution in [0.5, 0.6) is 0 Å². The summed E-state index contributed by atoms with van der Waals surface area (Å²) in [6.45, 7) is 1.02. The number of hydrogen-bond acceptors (Lipinski definition) is 5. The Morgan fingerprint density at radius 1 is 1.21 bits per heavy atom. The maximum atomic E-state index is 13.1. The molecule has 1 aromatic carbocycles. The fourth-order valence-corrected chi connectivity index (χ4v) is 4.06. The number of pyridine rings is 1. The lowest BCUT2D eigenvalue weighted by molar-refractivity contribution is -0.131. The summed E-state index contributed by atoms with van der Waals surface area (Å²) in [5.74, 6) is -1.18. The summed E-state index contributed by atoms with van der Waals surface area (Å²) in [5.41, 5.74) is 1.92. The Bertz CT molecular complexity index is 905. The highest BCUT2D eigenvalue weighted by molar-refractivity contribution is 6.09. The minimum Gasteiger partial charge on any atom is -0.503 e. The highest BCUT2D eigenvalue weighted by Gasteiger charge is 2.44. The molecule has 0 saturated carbocycles.